The van der Waals surface area contributed by atoms with Gasteiger partial charge in [-0.15, -0.1) is 11.3 Å². The van der Waals surface area contributed by atoms with Gasteiger partial charge in [-0.2, -0.15) is 0 Å². The first-order valence-electron chi connectivity index (χ1n) is 7.60. The van der Waals surface area contributed by atoms with Gasteiger partial charge in [0.15, 0.2) is 0 Å². The maximum Gasteiger partial charge on any atom is 0.124 e. The van der Waals surface area contributed by atoms with Gasteiger partial charge in [-0.25, -0.2) is 0 Å². The monoisotopic (exact) mass is 301 g/mol. The molecule has 2 unspecified atom stereocenters. The van der Waals surface area contributed by atoms with Crippen molar-refractivity contribution in [1.29, 1.82) is 0 Å². The van der Waals surface area contributed by atoms with Gasteiger partial charge in [-0.3, -0.25) is 0 Å². The summed E-state index contributed by atoms with van der Waals surface area (Å²) in [7, 11) is 0. The number of ether oxygens (including phenoxy) is 1. The van der Waals surface area contributed by atoms with Crippen LogP contribution in [0.1, 0.15) is 43.7 Å². The summed E-state index contributed by atoms with van der Waals surface area (Å²) in [6.45, 7) is 6.61. The first-order valence-corrected chi connectivity index (χ1v) is 8.48. The van der Waals surface area contributed by atoms with Crippen LogP contribution in [0.2, 0.25) is 0 Å². The molecule has 0 saturated carbocycles. The predicted octanol–water partition coefficient (Wildman–Crippen LogP) is 4.57. The number of hydrogen-bond acceptors (Lipinski definition) is 3. The van der Waals surface area contributed by atoms with Gasteiger partial charge in [0.25, 0.3) is 0 Å². The van der Waals surface area contributed by atoms with Crippen molar-refractivity contribution in [2.75, 3.05) is 0 Å². The average molecular weight is 301 g/mol. The molecular weight excluding hydrogens is 278 g/mol. The zero-order valence-electron chi connectivity index (χ0n) is 12.9. The molecule has 3 rings (SSSR count). The van der Waals surface area contributed by atoms with Crippen molar-refractivity contribution in [3.63, 3.8) is 0 Å². The SMILES string of the molecule is CC(Cc1cccs1)NC1CC(C)(C)Oc2ccccc21. The number of thiophene rings is 1. The summed E-state index contributed by atoms with van der Waals surface area (Å²) in [6, 6.07) is 13.6. The van der Waals surface area contributed by atoms with E-state index in [9.17, 15) is 0 Å². The zero-order chi connectivity index (χ0) is 14.9. The van der Waals surface area contributed by atoms with E-state index in [1.165, 1.54) is 10.4 Å². The zero-order valence-corrected chi connectivity index (χ0v) is 13.7. The number of hydrogen-bond donors (Lipinski definition) is 1. The molecule has 1 N–H and O–H groups in total. The Bertz CT molecular complexity index is 591. The minimum Gasteiger partial charge on any atom is -0.487 e. The standard InChI is InChI=1S/C18H23NOS/c1-13(11-14-7-6-10-21-14)19-16-12-18(2,3)20-17-9-5-4-8-15(16)17/h4-10,13,16,19H,11-12H2,1-3H3. The highest BCUT2D eigenvalue weighted by Crippen LogP contribution is 2.39. The van der Waals surface area contributed by atoms with Gasteiger partial charge < -0.3 is 10.1 Å². The molecule has 3 heteroatoms. The molecule has 1 aliphatic heterocycles. The summed E-state index contributed by atoms with van der Waals surface area (Å²) < 4.78 is 6.10. The Morgan fingerprint density at radius 3 is 2.86 bits per heavy atom. The van der Waals surface area contributed by atoms with Crippen LogP contribution in [0.3, 0.4) is 0 Å². The van der Waals surface area contributed by atoms with Gasteiger partial charge in [0.2, 0.25) is 0 Å². The van der Waals surface area contributed by atoms with Crippen LogP contribution in [-0.2, 0) is 6.42 Å². The fraction of sp³-hybridized carbons (Fsp3) is 0.444. The average Bonchev–Trinajstić information content (AvgIpc) is 2.90. The molecule has 2 aromatic rings. The maximum absolute atomic E-state index is 6.10. The van der Waals surface area contributed by atoms with Gasteiger partial charge in [-0.1, -0.05) is 24.3 Å². The number of rotatable bonds is 4. The second kappa shape index (κ2) is 5.82. The molecule has 1 aliphatic rings. The molecule has 0 spiro atoms. The molecule has 0 bridgehead atoms. The normalized spacial score (nSPS) is 21.4. The van der Waals surface area contributed by atoms with Gasteiger partial charge in [-0.05, 0) is 44.7 Å². The van der Waals surface area contributed by atoms with E-state index in [1.54, 1.807) is 0 Å². The summed E-state index contributed by atoms with van der Waals surface area (Å²) >= 11 is 1.83. The van der Waals surface area contributed by atoms with Crippen LogP contribution in [0, 0.1) is 0 Å². The Hall–Kier alpha value is -1.32. The minimum atomic E-state index is -0.116. The predicted molar refractivity (Wildman–Crippen MR) is 89.1 cm³/mol. The lowest BCUT2D eigenvalue weighted by atomic mass is 9.89. The Labute approximate surface area is 131 Å². The van der Waals surface area contributed by atoms with Crippen LogP contribution in [0.4, 0.5) is 0 Å². The molecule has 1 aromatic carbocycles. The number of nitrogens with one attached hydrogen (secondary N) is 1. The van der Waals surface area contributed by atoms with E-state index in [-0.39, 0.29) is 5.60 Å². The van der Waals surface area contributed by atoms with Crippen LogP contribution in [0.5, 0.6) is 5.75 Å². The van der Waals surface area contributed by atoms with Crippen molar-refractivity contribution in [3.8, 4) is 5.75 Å². The fourth-order valence-corrected chi connectivity index (χ4v) is 3.92. The van der Waals surface area contributed by atoms with Crippen LogP contribution in [0.25, 0.3) is 0 Å². The van der Waals surface area contributed by atoms with Crippen molar-refractivity contribution >= 4 is 11.3 Å². The van der Waals surface area contributed by atoms with E-state index in [4.69, 9.17) is 4.74 Å². The lowest BCUT2D eigenvalue weighted by Crippen LogP contribution is -2.42. The largest absolute Gasteiger partial charge is 0.487 e. The third-order valence-electron chi connectivity index (χ3n) is 3.95. The molecule has 2 nitrogen and oxygen atoms in total. The fourth-order valence-electron chi connectivity index (χ4n) is 3.08. The van der Waals surface area contributed by atoms with E-state index in [2.05, 4.69) is 61.8 Å². The molecule has 112 valence electrons. The highest BCUT2D eigenvalue weighted by atomic mass is 32.1. The molecule has 1 aromatic heterocycles. The van der Waals surface area contributed by atoms with E-state index in [1.807, 2.05) is 17.4 Å². The molecule has 0 radical (unpaired) electrons. The first-order chi connectivity index (χ1) is 10.0. The van der Waals surface area contributed by atoms with Crippen molar-refractivity contribution in [1.82, 2.24) is 5.32 Å². The summed E-state index contributed by atoms with van der Waals surface area (Å²) in [5.74, 6) is 1.02. The second-order valence-corrected chi connectivity index (χ2v) is 7.54. The quantitative estimate of drug-likeness (QED) is 0.893. The smallest absolute Gasteiger partial charge is 0.124 e. The number of fused-ring (bicyclic) bond motifs is 1. The van der Waals surface area contributed by atoms with Crippen LogP contribution in [0.15, 0.2) is 41.8 Å². The number of benzene rings is 1. The molecule has 2 atom stereocenters. The third-order valence-corrected chi connectivity index (χ3v) is 4.85. The van der Waals surface area contributed by atoms with E-state index < -0.39 is 0 Å². The Morgan fingerprint density at radius 2 is 2.10 bits per heavy atom. The molecule has 2 heterocycles. The topological polar surface area (TPSA) is 21.3 Å². The van der Waals surface area contributed by atoms with Crippen LogP contribution in [-0.4, -0.2) is 11.6 Å². The number of para-hydroxylation sites is 1. The Morgan fingerprint density at radius 1 is 1.29 bits per heavy atom. The lowest BCUT2D eigenvalue weighted by molar-refractivity contribution is 0.0641. The summed E-state index contributed by atoms with van der Waals surface area (Å²) in [6.07, 6.45) is 2.08. The van der Waals surface area contributed by atoms with Gasteiger partial charge >= 0.3 is 0 Å². The van der Waals surface area contributed by atoms with Crippen LogP contribution >= 0.6 is 11.3 Å². The van der Waals surface area contributed by atoms with Crippen molar-refractivity contribution in [2.24, 2.45) is 0 Å². The summed E-state index contributed by atoms with van der Waals surface area (Å²) in [5, 5.41) is 5.94. The second-order valence-electron chi connectivity index (χ2n) is 6.51. The van der Waals surface area contributed by atoms with Crippen molar-refractivity contribution < 1.29 is 4.74 Å². The van der Waals surface area contributed by atoms with Crippen LogP contribution < -0.4 is 10.1 Å². The third kappa shape index (κ3) is 3.47. The summed E-state index contributed by atoms with van der Waals surface area (Å²) in [5.41, 5.74) is 1.17. The summed E-state index contributed by atoms with van der Waals surface area (Å²) in [4.78, 5) is 1.44. The molecule has 0 amide bonds. The van der Waals surface area contributed by atoms with Crippen molar-refractivity contribution in [2.45, 2.75) is 51.3 Å². The van der Waals surface area contributed by atoms with E-state index in [0.717, 1.165) is 18.6 Å². The van der Waals surface area contributed by atoms with E-state index in [0.29, 0.717) is 12.1 Å². The van der Waals surface area contributed by atoms with Gasteiger partial charge in [0.1, 0.15) is 11.4 Å². The lowest BCUT2D eigenvalue weighted by Gasteiger charge is -2.39. The van der Waals surface area contributed by atoms with E-state index >= 15 is 0 Å². The molecule has 21 heavy (non-hydrogen) atoms. The molecule has 0 saturated heterocycles. The van der Waals surface area contributed by atoms with Gasteiger partial charge in [0.05, 0.1) is 0 Å². The Balaban J connectivity index is 1.75. The van der Waals surface area contributed by atoms with Gasteiger partial charge in [0, 0.05) is 28.9 Å². The first kappa shape index (κ1) is 14.6. The molecule has 0 fully saturated rings. The minimum absolute atomic E-state index is 0.116. The molecule has 0 aliphatic carbocycles. The van der Waals surface area contributed by atoms with Crippen molar-refractivity contribution in [3.05, 3.63) is 52.2 Å². The highest BCUT2D eigenvalue weighted by Gasteiger charge is 2.33. The highest BCUT2D eigenvalue weighted by molar-refractivity contribution is 7.09. The maximum atomic E-state index is 6.10. The molecular formula is C18H23NOS. The Kier molecular flexibility index (Phi) is 4.05.